The molecular formula is C16H18N2O3S. The van der Waals surface area contributed by atoms with Crippen LogP contribution in [-0.2, 0) is 11.3 Å². The number of morpholine rings is 1. The standard InChI is InChI=1S/C16H18N2O3S/c1-12-8-17(9-13-7-16(18(19)20)22-11-13)10-15(21-12)14-5-3-2-4-6-14/h2-7,11-12,15H,8-10H2,1H3/t12-,15+/m1/s1. The highest BCUT2D eigenvalue weighted by Gasteiger charge is 2.26. The fourth-order valence-corrected chi connectivity index (χ4v) is 3.54. The van der Waals surface area contributed by atoms with Crippen molar-refractivity contribution < 1.29 is 9.66 Å². The topological polar surface area (TPSA) is 55.6 Å². The van der Waals surface area contributed by atoms with Crippen LogP contribution in [0.4, 0.5) is 5.00 Å². The van der Waals surface area contributed by atoms with E-state index in [1.165, 1.54) is 16.9 Å². The Hall–Kier alpha value is -1.76. The lowest BCUT2D eigenvalue weighted by molar-refractivity contribution is -0.380. The molecule has 0 aliphatic carbocycles. The van der Waals surface area contributed by atoms with Crippen LogP contribution >= 0.6 is 11.3 Å². The highest BCUT2D eigenvalue weighted by Crippen LogP contribution is 2.28. The molecular weight excluding hydrogens is 300 g/mol. The largest absolute Gasteiger partial charge is 0.368 e. The van der Waals surface area contributed by atoms with E-state index in [0.717, 1.165) is 25.2 Å². The minimum atomic E-state index is -0.330. The summed E-state index contributed by atoms with van der Waals surface area (Å²) >= 11 is 1.19. The minimum absolute atomic E-state index is 0.0542. The molecule has 2 aromatic rings. The Kier molecular flexibility index (Phi) is 4.52. The summed E-state index contributed by atoms with van der Waals surface area (Å²) in [5.41, 5.74) is 2.17. The predicted molar refractivity (Wildman–Crippen MR) is 86.0 cm³/mol. The van der Waals surface area contributed by atoms with Crippen LogP contribution in [0.3, 0.4) is 0 Å². The van der Waals surface area contributed by atoms with E-state index in [9.17, 15) is 10.1 Å². The maximum Gasteiger partial charge on any atom is 0.324 e. The summed E-state index contributed by atoms with van der Waals surface area (Å²) in [6.45, 7) is 4.44. The zero-order chi connectivity index (χ0) is 15.5. The first-order valence-electron chi connectivity index (χ1n) is 7.26. The molecule has 116 valence electrons. The molecule has 5 nitrogen and oxygen atoms in total. The third-order valence-corrected chi connectivity index (χ3v) is 4.66. The van der Waals surface area contributed by atoms with Crippen LogP contribution in [0, 0.1) is 10.1 Å². The summed E-state index contributed by atoms with van der Waals surface area (Å²) in [5.74, 6) is 0. The van der Waals surface area contributed by atoms with Gasteiger partial charge in [-0.1, -0.05) is 41.7 Å². The Morgan fingerprint density at radius 1 is 1.36 bits per heavy atom. The first kappa shape index (κ1) is 15.1. The van der Waals surface area contributed by atoms with E-state index in [1.807, 2.05) is 23.6 Å². The SMILES string of the molecule is C[C@@H]1CN(Cc2csc([N+](=O)[O-])c2)C[C@@H](c2ccccc2)O1. The molecule has 0 saturated carbocycles. The first-order chi connectivity index (χ1) is 10.6. The maximum absolute atomic E-state index is 10.8. The zero-order valence-corrected chi connectivity index (χ0v) is 13.2. The van der Waals surface area contributed by atoms with E-state index in [-0.39, 0.29) is 22.1 Å². The molecule has 0 unspecified atom stereocenters. The highest BCUT2D eigenvalue weighted by molar-refractivity contribution is 7.13. The molecule has 1 aliphatic heterocycles. The molecule has 1 fully saturated rings. The summed E-state index contributed by atoms with van der Waals surface area (Å²) in [6.07, 6.45) is 0.200. The molecule has 0 amide bonds. The fraction of sp³-hybridized carbons (Fsp3) is 0.375. The van der Waals surface area contributed by atoms with Crippen LogP contribution < -0.4 is 0 Å². The van der Waals surface area contributed by atoms with Gasteiger partial charge in [-0.15, -0.1) is 0 Å². The first-order valence-corrected chi connectivity index (χ1v) is 8.14. The second kappa shape index (κ2) is 6.56. The zero-order valence-electron chi connectivity index (χ0n) is 12.3. The smallest absolute Gasteiger partial charge is 0.324 e. The Morgan fingerprint density at radius 3 is 2.82 bits per heavy atom. The summed E-state index contributed by atoms with van der Waals surface area (Å²) in [4.78, 5) is 12.8. The van der Waals surface area contributed by atoms with E-state index in [0.29, 0.717) is 0 Å². The van der Waals surface area contributed by atoms with Gasteiger partial charge in [-0.3, -0.25) is 15.0 Å². The van der Waals surface area contributed by atoms with E-state index in [2.05, 4.69) is 24.0 Å². The quantitative estimate of drug-likeness (QED) is 0.638. The Balaban J connectivity index is 1.69. The van der Waals surface area contributed by atoms with Crippen molar-refractivity contribution in [2.45, 2.75) is 25.7 Å². The summed E-state index contributed by atoms with van der Waals surface area (Å²) < 4.78 is 6.04. The summed E-state index contributed by atoms with van der Waals surface area (Å²) in [7, 11) is 0. The van der Waals surface area contributed by atoms with Crippen LogP contribution in [0.5, 0.6) is 0 Å². The third-order valence-electron chi connectivity index (χ3n) is 3.73. The van der Waals surface area contributed by atoms with Crippen LogP contribution in [0.25, 0.3) is 0 Å². The molecule has 0 spiro atoms. The van der Waals surface area contributed by atoms with Crippen molar-refractivity contribution in [1.29, 1.82) is 0 Å². The van der Waals surface area contributed by atoms with Gasteiger partial charge in [0, 0.05) is 31.1 Å². The van der Waals surface area contributed by atoms with Gasteiger partial charge in [-0.25, -0.2) is 0 Å². The van der Waals surface area contributed by atoms with Crippen molar-refractivity contribution in [3.8, 4) is 0 Å². The van der Waals surface area contributed by atoms with E-state index in [1.54, 1.807) is 6.07 Å². The molecule has 1 aromatic carbocycles. The van der Waals surface area contributed by atoms with Gasteiger partial charge in [0.15, 0.2) is 0 Å². The molecule has 3 rings (SSSR count). The summed E-state index contributed by atoms with van der Waals surface area (Å²) in [5, 5.41) is 12.9. The molecule has 2 atom stereocenters. The van der Waals surface area contributed by atoms with Crippen molar-refractivity contribution in [2.24, 2.45) is 0 Å². The monoisotopic (exact) mass is 318 g/mol. The number of thiophene rings is 1. The maximum atomic E-state index is 10.8. The number of nitrogens with zero attached hydrogens (tertiary/aromatic N) is 2. The molecule has 1 saturated heterocycles. The van der Waals surface area contributed by atoms with E-state index < -0.39 is 0 Å². The number of ether oxygens (including phenoxy) is 1. The number of hydrogen-bond acceptors (Lipinski definition) is 5. The predicted octanol–water partition coefficient (Wildman–Crippen LogP) is 3.62. The van der Waals surface area contributed by atoms with Crippen molar-refractivity contribution in [1.82, 2.24) is 4.90 Å². The Morgan fingerprint density at radius 2 is 2.14 bits per heavy atom. The Labute approximate surface area is 133 Å². The lowest BCUT2D eigenvalue weighted by Crippen LogP contribution is -2.42. The minimum Gasteiger partial charge on any atom is -0.368 e. The molecule has 0 radical (unpaired) electrons. The number of benzene rings is 1. The van der Waals surface area contributed by atoms with Gasteiger partial charge in [0.25, 0.3) is 0 Å². The third kappa shape index (κ3) is 3.52. The average Bonchev–Trinajstić information content (AvgIpc) is 2.96. The molecule has 0 N–H and O–H groups in total. The molecule has 22 heavy (non-hydrogen) atoms. The second-order valence-electron chi connectivity index (χ2n) is 5.59. The van der Waals surface area contributed by atoms with Crippen LogP contribution in [0.15, 0.2) is 41.8 Å². The van der Waals surface area contributed by atoms with Gasteiger partial charge in [0.2, 0.25) is 0 Å². The van der Waals surface area contributed by atoms with Gasteiger partial charge in [-0.05, 0) is 18.1 Å². The second-order valence-corrected chi connectivity index (χ2v) is 6.48. The highest BCUT2D eigenvalue weighted by atomic mass is 32.1. The average molecular weight is 318 g/mol. The van der Waals surface area contributed by atoms with Gasteiger partial charge in [-0.2, -0.15) is 0 Å². The molecule has 0 bridgehead atoms. The van der Waals surface area contributed by atoms with Gasteiger partial charge in [0.1, 0.15) is 0 Å². The van der Waals surface area contributed by atoms with Crippen LogP contribution in [0.1, 0.15) is 24.2 Å². The van der Waals surface area contributed by atoms with Crippen LogP contribution in [-0.4, -0.2) is 29.0 Å². The molecule has 1 aromatic heterocycles. The van der Waals surface area contributed by atoms with Crippen LogP contribution in [0.2, 0.25) is 0 Å². The van der Waals surface area contributed by atoms with Crippen molar-refractivity contribution in [2.75, 3.05) is 13.1 Å². The molecule has 6 heteroatoms. The lowest BCUT2D eigenvalue weighted by Gasteiger charge is -2.36. The normalized spacial score (nSPS) is 22.6. The van der Waals surface area contributed by atoms with Crippen molar-refractivity contribution in [3.63, 3.8) is 0 Å². The number of rotatable bonds is 4. The fourth-order valence-electron chi connectivity index (χ4n) is 2.82. The summed E-state index contributed by atoms with van der Waals surface area (Å²) in [6, 6.07) is 11.9. The Bertz CT molecular complexity index is 644. The van der Waals surface area contributed by atoms with Gasteiger partial charge >= 0.3 is 5.00 Å². The van der Waals surface area contributed by atoms with Crippen molar-refractivity contribution in [3.05, 3.63) is 63.0 Å². The van der Waals surface area contributed by atoms with E-state index in [4.69, 9.17) is 4.74 Å². The van der Waals surface area contributed by atoms with E-state index >= 15 is 0 Å². The lowest BCUT2D eigenvalue weighted by atomic mass is 10.1. The van der Waals surface area contributed by atoms with Gasteiger partial charge < -0.3 is 4.74 Å². The number of hydrogen-bond donors (Lipinski definition) is 0. The molecule has 2 heterocycles. The van der Waals surface area contributed by atoms with Crippen molar-refractivity contribution >= 4 is 16.3 Å². The van der Waals surface area contributed by atoms with Gasteiger partial charge in [0.05, 0.1) is 17.1 Å². The number of nitro groups is 1. The molecule has 1 aliphatic rings.